The van der Waals surface area contributed by atoms with Gasteiger partial charge in [-0.2, -0.15) is 0 Å². The molecule has 0 bridgehead atoms. The van der Waals surface area contributed by atoms with Crippen LogP contribution in [-0.2, 0) is 6.54 Å². The Labute approximate surface area is 103 Å². The molecule has 2 N–H and O–H groups in total. The van der Waals surface area contributed by atoms with Crippen molar-refractivity contribution in [3.8, 4) is 0 Å². The molecule has 1 aromatic rings. The third-order valence-electron chi connectivity index (χ3n) is 3.95. The summed E-state index contributed by atoms with van der Waals surface area (Å²) in [6, 6.07) is 0.309. The highest BCUT2D eigenvalue weighted by Gasteiger charge is 2.33. The van der Waals surface area contributed by atoms with Gasteiger partial charge in [-0.1, -0.05) is 19.0 Å². The van der Waals surface area contributed by atoms with Crippen molar-refractivity contribution in [2.75, 3.05) is 13.1 Å². The van der Waals surface area contributed by atoms with Gasteiger partial charge in [0.15, 0.2) is 0 Å². The molecule has 4 heteroatoms. The predicted molar refractivity (Wildman–Crippen MR) is 67.6 cm³/mol. The van der Waals surface area contributed by atoms with Gasteiger partial charge < -0.3 is 10.3 Å². The van der Waals surface area contributed by atoms with Crippen LogP contribution in [0.2, 0.25) is 0 Å². The van der Waals surface area contributed by atoms with E-state index in [4.69, 9.17) is 10.3 Å². The van der Waals surface area contributed by atoms with Crippen LogP contribution in [0.15, 0.2) is 4.52 Å². The van der Waals surface area contributed by atoms with Crippen molar-refractivity contribution >= 4 is 0 Å². The number of aromatic nitrogens is 1. The molecular weight excluding hydrogens is 214 g/mol. The van der Waals surface area contributed by atoms with Gasteiger partial charge in [-0.05, 0) is 25.7 Å². The maximum Gasteiger partial charge on any atom is 0.138 e. The molecule has 0 aliphatic carbocycles. The van der Waals surface area contributed by atoms with Crippen LogP contribution in [0.4, 0.5) is 0 Å². The van der Waals surface area contributed by atoms with E-state index < -0.39 is 0 Å². The summed E-state index contributed by atoms with van der Waals surface area (Å²) in [5, 5.41) is 4.01. The monoisotopic (exact) mass is 237 g/mol. The quantitative estimate of drug-likeness (QED) is 0.853. The predicted octanol–water partition coefficient (Wildman–Crippen LogP) is 1.85. The number of piperidine rings is 1. The molecule has 1 aliphatic heterocycles. The topological polar surface area (TPSA) is 55.3 Å². The van der Waals surface area contributed by atoms with Crippen molar-refractivity contribution < 1.29 is 4.52 Å². The zero-order chi connectivity index (χ0) is 12.6. The Bertz CT molecular complexity index is 378. The lowest BCUT2D eigenvalue weighted by molar-refractivity contribution is 0.0894. The summed E-state index contributed by atoms with van der Waals surface area (Å²) in [5.41, 5.74) is 8.58. The normalized spacial score (nSPS) is 25.1. The number of rotatable bonds is 2. The smallest absolute Gasteiger partial charge is 0.138 e. The summed E-state index contributed by atoms with van der Waals surface area (Å²) in [5.74, 6) is 0.940. The summed E-state index contributed by atoms with van der Waals surface area (Å²) >= 11 is 0. The van der Waals surface area contributed by atoms with Crippen molar-refractivity contribution in [1.82, 2.24) is 10.1 Å². The fourth-order valence-electron chi connectivity index (χ4n) is 2.57. The Hall–Kier alpha value is -0.870. The van der Waals surface area contributed by atoms with E-state index >= 15 is 0 Å². The Morgan fingerprint density at radius 2 is 2.18 bits per heavy atom. The first-order valence-electron chi connectivity index (χ1n) is 6.30. The average Bonchev–Trinajstić information content (AvgIpc) is 2.55. The Balaban J connectivity index is 2.06. The highest BCUT2D eigenvalue weighted by molar-refractivity contribution is 5.20. The zero-order valence-corrected chi connectivity index (χ0v) is 11.3. The van der Waals surface area contributed by atoms with Gasteiger partial charge in [0.2, 0.25) is 0 Å². The van der Waals surface area contributed by atoms with Gasteiger partial charge in [-0.3, -0.25) is 4.90 Å². The van der Waals surface area contributed by atoms with Crippen molar-refractivity contribution in [2.24, 2.45) is 11.1 Å². The first-order chi connectivity index (χ1) is 7.90. The third kappa shape index (κ3) is 2.53. The molecule has 0 spiro atoms. The molecule has 1 fully saturated rings. The molecular formula is C13H23N3O. The van der Waals surface area contributed by atoms with Crippen molar-refractivity contribution in [3.63, 3.8) is 0 Å². The average molecular weight is 237 g/mol. The molecule has 0 saturated carbocycles. The molecule has 17 heavy (non-hydrogen) atoms. The molecule has 1 aliphatic rings. The van der Waals surface area contributed by atoms with Crippen LogP contribution in [0.3, 0.4) is 0 Å². The molecule has 1 aromatic heterocycles. The third-order valence-corrected chi connectivity index (χ3v) is 3.95. The Morgan fingerprint density at radius 3 is 2.71 bits per heavy atom. The van der Waals surface area contributed by atoms with Crippen LogP contribution in [0.25, 0.3) is 0 Å². The second-order valence-corrected chi connectivity index (χ2v) is 5.90. The van der Waals surface area contributed by atoms with Gasteiger partial charge in [-0.15, -0.1) is 0 Å². The van der Waals surface area contributed by atoms with Gasteiger partial charge in [-0.25, -0.2) is 0 Å². The lowest BCUT2D eigenvalue weighted by Crippen LogP contribution is -2.52. The molecule has 0 amide bonds. The van der Waals surface area contributed by atoms with Gasteiger partial charge in [0, 0.05) is 31.2 Å². The van der Waals surface area contributed by atoms with Crippen LogP contribution in [0.1, 0.15) is 37.3 Å². The number of hydrogen-bond acceptors (Lipinski definition) is 4. The van der Waals surface area contributed by atoms with Crippen LogP contribution in [-0.4, -0.2) is 29.2 Å². The summed E-state index contributed by atoms with van der Waals surface area (Å²) in [6.45, 7) is 11.5. The number of likely N-dealkylation sites (tertiary alicyclic amines) is 1. The van der Waals surface area contributed by atoms with Crippen molar-refractivity contribution in [3.05, 3.63) is 17.0 Å². The van der Waals surface area contributed by atoms with Crippen LogP contribution >= 0.6 is 0 Å². The molecule has 0 aromatic carbocycles. The van der Waals surface area contributed by atoms with Crippen LogP contribution in [0.5, 0.6) is 0 Å². The van der Waals surface area contributed by atoms with E-state index in [1.165, 1.54) is 5.56 Å². The van der Waals surface area contributed by atoms with Crippen LogP contribution < -0.4 is 5.73 Å². The number of hydrogen-bond donors (Lipinski definition) is 1. The molecule has 2 rings (SSSR count). The fourth-order valence-corrected chi connectivity index (χ4v) is 2.57. The SMILES string of the molecule is Cc1noc(C)c1CN1CCC(N)C(C)(C)C1. The van der Waals surface area contributed by atoms with E-state index in [9.17, 15) is 0 Å². The summed E-state index contributed by atoms with van der Waals surface area (Å²) in [6.07, 6.45) is 1.07. The van der Waals surface area contributed by atoms with E-state index in [0.29, 0.717) is 6.04 Å². The summed E-state index contributed by atoms with van der Waals surface area (Å²) < 4.78 is 5.21. The van der Waals surface area contributed by atoms with Crippen LogP contribution in [0, 0.1) is 19.3 Å². The lowest BCUT2D eigenvalue weighted by Gasteiger charge is -2.42. The minimum atomic E-state index is 0.192. The second-order valence-electron chi connectivity index (χ2n) is 5.90. The van der Waals surface area contributed by atoms with E-state index in [2.05, 4.69) is 23.9 Å². The van der Waals surface area contributed by atoms with Gasteiger partial charge in [0.05, 0.1) is 5.69 Å². The largest absolute Gasteiger partial charge is 0.361 e. The summed E-state index contributed by atoms with van der Waals surface area (Å²) in [7, 11) is 0. The van der Waals surface area contributed by atoms with E-state index in [1.54, 1.807) is 0 Å². The van der Waals surface area contributed by atoms with Gasteiger partial charge in [0.1, 0.15) is 5.76 Å². The molecule has 2 heterocycles. The number of aryl methyl sites for hydroxylation is 2. The lowest BCUT2D eigenvalue weighted by atomic mass is 9.79. The van der Waals surface area contributed by atoms with Gasteiger partial charge >= 0.3 is 0 Å². The standard InChI is InChI=1S/C13H23N3O/c1-9-11(10(2)17-15-9)7-16-6-5-12(14)13(3,4)8-16/h12H,5-8,14H2,1-4H3. The highest BCUT2D eigenvalue weighted by atomic mass is 16.5. The molecule has 1 unspecified atom stereocenters. The molecule has 1 saturated heterocycles. The minimum absolute atomic E-state index is 0.192. The Morgan fingerprint density at radius 1 is 1.47 bits per heavy atom. The maximum absolute atomic E-state index is 6.15. The van der Waals surface area contributed by atoms with E-state index in [1.807, 2.05) is 13.8 Å². The zero-order valence-electron chi connectivity index (χ0n) is 11.3. The van der Waals surface area contributed by atoms with E-state index in [-0.39, 0.29) is 5.41 Å². The number of nitrogens with two attached hydrogens (primary N) is 1. The molecule has 4 nitrogen and oxygen atoms in total. The molecule has 1 atom stereocenters. The minimum Gasteiger partial charge on any atom is -0.361 e. The van der Waals surface area contributed by atoms with Crippen molar-refractivity contribution in [1.29, 1.82) is 0 Å². The fraction of sp³-hybridized carbons (Fsp3) is 0.769. The molecule has 0 radical (unpaired) electrons. The summed E-state index contributed by atoms with van der Waals surface area (Å²) in [4.78, 5) is 2.45. The van der Waals surface area contributed by atoms with Gasteiger partial charge in [0.25, 0.3) is 0 Å². The second kappa shape index (κ2) is 4.42. The number of nitrogens with zero attached hydrogens (tertiary/aromatic N) is 2. The first-order valence-corrected chi connectivity index (χ1v) is 6.30. The highest BCUT2D eigenvalue weighted by Crippen LogP contribution is 2.29. The van der Waals surface area contributed by atoms with E-state index in [0.717, 1.165) is 37.5 Å². The van der Waals surface area contributed by atoms with Crippen molar-refractivity contribution in [2.45, 2.75) is 46.7 Å². The maximum atomic E-state index is 6.15. The molecule has 96 valence electrons. The Kier molecular flexibility index (Phi) is 3.27. The first kappa shape index (κ1) is 12.6.